The molecule has 18 heavy (non-hydrogen) atoms. The van der Waals surface area contributed by atoms with E-state index >= 15 is 0 Å². The summed E-state index contributed by atoms with van der Waals surface area (Å²) in [5.74, 6) is 0. The summed E-state index contributed by atoms with van der Waals surface area (Å²) in [5, 5.41) is 0.130. The SMILES string of the molecule is CCN(CC)CCCn1c(=O)[nH]c(Cl)c(C)c1=O. The van der Waals surface area contributed by atoms with Gasteiger partial charge in [0.05, 0.1) is 0 Å². The number of aromatic nitrogens is 2. The van der Waals surface area contributed by atoms with Crippen molar-refractivity contribution in [3.8, 4) is 0 Å². The number of halogens is 1. The monoisotopic (exact) mass is 273 g/mol. The summed E-state index contributed by atoms with van der Waals surface area (Å²) in [6.45, 7) is 9.04. The molecule has 0 saturated carbocycles. The topological polar surface area (TPSA) is 58.1 Å². The molecular weight excluding hydrogens is 254 g/mol. The minimum Gasteiger partial charge on any atom is -0.304 e. The zero-order valence-electron chi connectivity index (χ0n) is 11.1. The lowest BCUT2D eigenvalue weighted by Crippen LogP contribution is -2.37. The Kier molecular flexibility index (Phi) is 5.62. The third kappa shape index (κ3) is 3.46. The number of nitrogens with one attached hydrogen (secondary N) is 1. The average Bonchev–Trinajstić information content (AvgIpc) is 2.35. The van der Waals surface area contributed by atoms with Crippen molar-refractivity contribution in [1.29, 1.82) is 0 Å². The zero-order chi connectivity index (χ0) is 13.7. The molecule has 0 unspecified atom stereocenters. The maximum Gasteiger partial charge on any atom is 0.329 e. The van der Waals surface area contributed by atoms with E-state index in [4.69, 9.17) is 11.6 Å². The molecule has 102 valence electrons. The minimum absolute atomic E-state index is 0.130. The molecule has 6 heteroatoms. The van der Waals surface area contributed by atoms with Gasteiger partial charge in [-0.3, -0.25) is 14.3 Å². The van der Waals surface area contributed by atoms with Crippen LogP contribution in [0.25, 0.3) is 0 Å². The molecule has 0 radical (unpaired) electrons. The summed E-state index contributed by atoms with van der Waals surface area (Å²) in [4.78, 5) is 28.2. The van der Waals surface area contributed by atoms with E-state index in [1.165, 1.54) is 4.57 Å². The molecule has 0 bridgehead atoms. The third-order valence-corrected chi connectivity index (χ3v) is 3.49. The van der Waals surface area contributed by atoms with Crippen LogP contribution in [0.1, 0.15) is 25.8 Å². The van der Waals surface area contributed by atoms with E-state index in [2.05, 4.69) is 23.7 Å². The van der Waals surface area contributed by atoms with Crippen LogP contribution in [0.2, 0.25) is 5.15 Å². The number of aromatic amines is 1. The molecule has 1 aromatic rings. The van der Waals surface area contributed by atoms with E-state index in [0.717, 1.165) is 26.1 Å². The molecule has 0 aliphatic rings. The van der Waals surface area contributed by atoms with Gasteiger partial charge in [-0.15, -0.1) is 0 Å². The Morgan fingerprint density at radius 3 is 2.44 bits per heavy atom. The van der Waals surface area contributed by atoms with E-state index in [0.29, 0.717) is 12.1 Å². The minimum atomic E-state index is -0.435. The van der Waals surface area contributed by atoms with Crippen molar-refractivity contribution in [3.05, 3.63) is 31.6 Å². The predicted molar refractivity (Wildman–Crippen MR) is 73.5 cm³/mol. The van der Waals surface area contributed by atoms with Crippen LogP contribution < -0.4 is 11.2 Å². The van der Waals surface area contributed by atoms with Crippen LogP contribution in [0.15, 0.2) is 9.59 Å². The number of nitrogens with zero attached hydrogens (tertiary/aromatic N) is 2. The summed E-state index contributed by atoms with van der Waals surface area (Å²) in [5.41, 5.74) is -0.349. The molecular formula is C12H20ClN3O2. The van der Waals surface area contributed by atoms with Crippen LogP contribution in [0.3, 0.4) is 0 Å². The average molecular weight is 274 g/mol. The van der Waals surface area contributed by atoms with Crippen LogP contribution in [-0.4, -0.2) is 34.1 Å². The fourth-order valence-electron chi connectivity index (χ4n) is 1.84. The molecule has 0 aromatic carbocycles. The van der Waals surface area contributed by atoms with E-state index in [-0.39, 0.29) is 10.7 Å². The van der Waals surface area contributed by atoms with Crippen molar-refractivity contribution in [2.24, 2.45) is 0 Å². The fourth-order valence-corrected chi connectivity index (χ4v) is 2.00. The van der Waals surface area contributed by atoms with Gasteiger partial charge in [0.15, 0.2) is 0 Å². The Balaban J connectivity index is 2.78. The molecule has 0 atom stereocenters. The van der Waals surface area contributed by atoms with Crippen molar-refractivity contribution >= 4 is 11.6 Å². The second-order valence-electron chi connectivity index (χ2n) is 4.21. The van der Waals surface area contributed by atoms with Gasteiger partial charge in [0.1, 0.15) is 5.15 Å². The summed E-state index contributed by atoms with van der Waals surface area (Å²) in [6, 6.07) is 0. The lowest BCUT2D eigenvalue weighted by atomic mass is 10.3. The van der Waals surface area contributed by atoms with Crippen molar-refractivity contribution in [2.45, 2.75) is 33.7 Å². The third-order valence-electron chi connectivity index (χ3n) is 3.11. The standard InChI is InChI=1S/C12H20ClN3O2/c1-4-15(5-2)7-6-8-16-11(17)9(3)10(13)14-12(16)18/h4-8H2,1-3H3,(H,14,18). The smallest absolute Gasteiger partial charge is 0.304 e. The Morgan fingerprint density at radius 1 is 1.28 bits per heavy atom. The lowest BCUT2D eigenvalue weighted by molar-refractivity contribution is 0.291. The molecule has 5 nitrogen and oxygen atoms in total. The van der Waals surface area contributed by atoms with Crippen LogP contribution in [0, 0.1) is 6.92 Å². The zero-order valence-corrected chi connectivity index (χ0v) is 11.9. The first-order valence-corrected chi connectivity index (χ1v) is 6.60. The fraction of sp³-hybridized carbons (Fsp3) is 0.667. The van der Waals surface area contributed by atoms with Gasteiger partial charge < -0.3 is 4.90 Å². The van der Waals surface area contributed by atoms with E-state index < -0.39 is 5.69 Å². The summed E-state index contributed by atoms with van der Waals surface area (Å²) in [6.07, 6.45) is 0.770. The van der Waals surface area contributed by atoms with Crippen LogP contribution in [0.5, 0.6) is 0 Å². The number of rotatable bonds is 6. The normalized spacial score (nSPS) is 11.2. The Morgan fingerprint density at radius 2 is 1.89 bits per heavy atom. The highest BCUT2D eigenvalue weighted by Crippen LogP contribution is 2.03. The maximum atomic E-state index is 11.9. The van der Waals surface area contributed by atoms with Crippen molar-refractivity contribution in [2.75, 3.05) is 19.6 Å². The van der Waals surface area contributed by atoms with Gasteiger partial charge in [-0.05, 0) is 33.0 Å². The van der Waals surface area contributed by atoms with Crippen LogP contribution in [0.4, 0.5) is 0 Å². The molecule has 0 saturated heterocycles. The van der Waals surface area contributed by atoms with Gasteiger partial charge in [-0.25, -0.2) is 4.79 Å². The molecule has 1 rings (SSSR count). The molecule has 1 N–H and O–H groups in total. The molecule has 1 aromatic heterocycles. The Bertz CT molecular complexity index is 503. The largest absolute Gasteiger partial charge is 0.329 e. The molecule has 0 fully saturated rings. The second kappa shape index (κ2) is 6.75. The van der Waals surface area contributed by atoms with E-state index in [1.54, 1.807) is 6.92 Å². The van der Waals surface area contributed by atoms with Gasteiger partial charge in [0.25, 0.3) is 5.56 Å². The van der Waals surface area contributed by atoms with E-state index in [9.17, 15) is 9.59 Å². The molecule has 1 heterocycles. The summed E-state index contributed by atoms with van der Waals surface area (Å²) < 4.78 is 1.21. The van der Waals surface area contributed by atoms with E-state index in [1.807, 2.05) is 0 Å². The van der Waals surface area contributed by atoms with Crippen molar-refractivity contribution in [3.63, 3.8) is 0 Å². The van der Waals surface area contributed by atoms with Gasteiger partial charge >= 0.3 is 5.69 Å². The van der Waals surface area contributed by atoms with Crippen LogP contribution >= 0.6 is 11.6 Å². The molecule has 0 aliphatic carbocycles. The highest BCUT2D eigenvalue weighted by atomic mass is 35.5. The first kappa shape index (κ1) is 15.0. The summed E-state index contributed by atoms with van der Waals surface area (Å²) in [7, 11) is 0. The lowest BCUT2D eigenvalue weighted by Gasteiger charge is -2.17. The molecule has 0 spiro atoms. The molecule has 0 aliphatic heterocycles. The highest BCUT2D eigenvalue weighted by Gasteiger charge is 2.08. The number of hydrogen-bond acceptors (Lipinski definition) is 3. The van der Waals surface area contributed by atoms with Crippen LogP contribution in [-0.2, 0) is 6.54 Å². The van der Waals surface area contributed by atoms with Crippen molar-refractivity contribution in [1.82, 2.24) is 14.5 Å². The second-order valence-corrected chi connectivity index (χ2v) is 4.58. The van der Waals surface area contributed by atoms with Gasteiger partial charge in [-0.1, -0.05) is 25.4 Å². The van der Waals surface area contributed by atoms with Crippen molar-refractivity contribution < 1.29 is 0 Å². The summed E-state index contributed by atoms with van der Waals surface area (Å²) >= 11 is 5.74. The highest BCUT2D eigenvalue weighted by molar-refractivity contribution is 6.30. The Hall–Kier alpha value is -1.07. The first-order chi connectivity index (χ1) is 8.51. The van der Waals surface area contributed by atoms with Gasteiger partial charge in [0, 0.05) is 12.1 Å². The molecule has 0 amide bonds. The first-order valence-electron chi connectivity index (χ1n) is 6.22. The Labute approximate surface area is 111 Å². The number of H-pyrrole nitrogens is 1. The van der Waals surface area contributed by atoms with Gasteiger partial charge in [-0.2, -0.15) is 0 Å². The number of hydrogen-bond donors (Lipinski definition) is 1. The van der Waals surface area contributed by atoms with Gasteiger partial charge in [0.2, 0.25) is 0 Å². The quantitative estimate of drug-likeness (QED) is 0.793. The maximum absolute atomic E-state index is 11.9. The predicted octanol–water partition coefficient (Wildman–Crippen LogP) is 1.23.